The van der Waals surface area contributed by atoms with Gasteiger partial charge in [0.2, 0.25) is 0 Å². The van der Waals surface area contributed by atoms with Crippen molar-refractivity contribution in [2.24, 2.45) is 0 Å². The van der Waals surface area contributed by atoms with E-state index >= 15 is 0 Å². The first-order chi connectivity index (χ1) is 10.0. The summed E-state index contributed by atoms with van der Waals surface area (Å²) in [6.45, 7) is 7.12. The summed E-state index contributed by atoms with van der Waals surface area (Å²) < 4.78 is 5.84. The number of aldehydes is 1. The lowest BCUT2D eigenvalue weighted by Gasteiger charge is -2.19. The number of hydrogen-bond acceptors (Lipinski definition) is 2. The highest BCUT2D eigenvalue weighted by Gasteiger charge is 2.12. The summed E-state index contributed by atoms with van der Waals surface area (Å²) in [5, 5.41) is 0. The summed E-state index contributed by atoms with van der Waals surface area (Å²) in [5.41, 5.74) is 3.53. The van der Waals surface area contributed by atoms with Crippen LogP contribution in [0.5, 0.6) is 5.75 Å². The maximum atomic E-state index is 10.7. The average Bonchev–Trinajstić information content (AvgIpc) is 2.46. The molecular formula is C19H22O2. The molecule has 0 aliphatic heterocycles. The second-order valence-corrected chi connectivity index (χ2v) is 6.21. The Labute approximate surface area is 126 Å². The maximum absolute atomic E-state index is 10.7. The molecule has 0 aromatic heterocycles. The molecule has 0 aliphatic rings. The molecule has 2 heteroatoms. The monoisotopic (exact) mass is 282 g/mol. The molecule has 2 nitrogen and oxygen atoms in total. The van der Waals surface area contributed by atoms with Gasteiger partial charge in [-0.05, 0) is 22.6 Å². The zero-order valence-electron chi connectivity index (χ0n) is 12.9. The summed E-state index contributed by atoms with van der Waals surface area (Å²) in [6.07, 6.45) is 1.29. The number of carbonyl (C=O) groups is 1. The van der Waals surface area contributed by atoms with Crippen LogP contribution < -0.4 is 4.74 Å². The van der Waals surface area contributed by atoms with Crippen LogP contribution in [0.4, 0.5) is 0 Å². The second kappa shape index (κ2) is 6.57. The molecule has 2 rings (SSSR count). The van der Waals surface area contributed by atoms with E-state index in [9.17, 15) is 4.79 Å². The lowest BCUT2D eigenvalue weighted by atomic mass is 9.87. The van der Waals surface area contributed by atoms with Crippen LogP contribution in [-0.2, 0) is 23.2 Å². The van der Waals surface area contributed by atoms with E-state index in [-0.39, 0.29) is 5.41 Å². The van der Waals surface area contributed by atoms with Crippen LogP contribution >= 0.6 is 0 Å². The lowest BCUT2D eigenvalue weighted by Crippen LogP contribution is -2.10. The predicted molar refractivity (Wildman–Crippen MR) is 85.7 cm³/mol. The van der Waals surface area contributed by atoms with Crippen molar-refractivity contribution in [1.29, 1.82) is 0 Å². The van der Waals surface area contributed by atoms with E-state index in [0.717, 1.165) is 23.2 Å². The van der Waals surface area contributed by atoms with Crippen LogP contribution in [0.1, 0.15) is 37.5 Å². The molecule has 0 atom stereocenters. The molecule has 2 aromatic rings. The first kappa shape index (κ1) is 15.3. The van der Waals surface area contributed by atoms with Gasteiger partial charge in [0.05, 0.1) is 0 Å². The van der Waals surface area contributed by atoms with E-state index in [1.807, 2.05) is 24.3 Å². The summed E-state index contributed by atoms with van der Waals surface area (Å²) in [5.74, 6) is 0.782. The van der Waals surface area contributed by atoms with Crippen molar-refractivity contribution in [2.75, 3.05) is 0 Å². The first-order valence-electron chi connectivity index (χ1n) is 7.24. The van der Waals surface area contributed by atoms with Crippen LogP contribution in [0.3, 0.4) is 0 Å². The Balaban J connectivity index is 2.05. The van der Waals surface area contributed by atoms with E-state index in [2.05, 4.69) is 45.0 Å². The summed E-state index contributed by atoms with van der Waals surface area (Å²) in [7, 11) is 0. The summed E-state index contributed by atoms with van der Waals surface area (Å²) in [4.78, 5) is 10.7. The molecule has 0 aliphatic carbocycles. The molecule has 0 bridgehead atoms. The molecule has 2 aromatic carbocycles. The smallest absolute Gasteiger partial charge is 0.124 e. The van der Waals surface area contributed by atoms with Crippen molar-refractivity contribution in [2.45, 2.75) is 39.2 Å². The summed E-state index contributed by atoms with van der Waals surface area (Å²) in [6, 6.07) is 16.2. The number of benzene rings is 2. The van der Waals surface area contributed by atoms with Crippen molar-refractivity contribution >= 4 is 6.29 Å². The number of para-hydroxylation sites is 1. The minimum absolute atomic E-state index is 0.163. The molecule has 0 N–H and O–H groups in total. The molecule has 0 saturated heterocycles. The molecule has 0 unspecified atom stereocenters. The lowest BCUT2D eigenvalue weighted by molar-refractivity contribution is -0.107. The Morgan fingerprint density at radius 1 is 1.00 bits per heavy atom. The third-order valence-corrected chi connectivity index (χ3v) is 3.49. The minimum Gasteiger partial charge on any atom is -0.489 e. The van der Waals surface area contributed by atoms with Crippen LogP contribution in [0.15, 0.2) is 48.5 Å². The third-order valence-electron chi connectivity index (χ3n) is 3.49. The summed E-state index contributed by atoms with van der Waals surface area (Å²) >= 11 is 0. The Morgan fingerprint density at radius 3 is 2.29 bits per heavy atom. The highest BCUT2D eigenvalue weighted by atomic mass is 16.5. The van der Waals surface area contributed by atoms with Gasteiger partial charge in [-0.2, -0.15) is 0 Å². The Hall–Kier alpha value is -2.09. The van der Waals surface area contributed by atoms with Gasteiger partial charge in [0.15, 0.2) is 0 Å². The van der Waals surface area contributed by atoms with Crippen molar-refractivity contribution in [3.05, 3.63) is 65.2 Å². The van der Waals surface area contributed by atoms with Crippen molar-refractivity contribution < 1.29 is 9.53 Å². The van der Waals surface area contributed by atoms with E-state index in [1.165, 1.54) is 5.56 Å². The van der Waals surface area contributed by atoms with Crippen LogP contribution in [0.25, 0.3) is 0 Å². The fourth-order valence-electron chi connectivity index (χ4n) is 2.17. The Bertz CT molecular complexity index is 592. The standard InChI is InChI=1S/C19H22O2/c1-19(2,3)17-10-8-15(9-11-17)14-21-18-7-5-4-6-16(18)12-13-20/h4-11,13H,12,14H2,1-3H3. The topological polar surface area (TPSA) is 26.3 Å². The number of ether oxygens (including phenoxy) is 1. The van der Waals surface area contributed by atoms with Gasteiger partial charge < -0.3 is 9.53 Å². The van der Waals surface area contributed by atoms with E-state index in [4.69, 9.17) is 4.74 Å². The van der Waals surface area contributed by atoms with Crippen molar-refractivity contribution in [1.82, 2.24) is 0 Å². The predicted octanol–water partition coefficient (Wildman–Crippen LogP) is 4.30. The van der Waals surface area contributed by atoms with E-state index < -0.39 is 0 Å². The highest BCUT2D eigenvalue weighted by molar-refractivity contribution is 5.57. The van der Waals surface area contributed by atoms with Gasteiger partial charge in [-0.15, -0.1) is 0 Å². The molecule has 110 valence electrons. The Morgan fingerprint density at radius 2 is 1.67 bits per heavy atom. The number of carbonyl (C=O) groups excluding carboxylic acids is 1. The van der Waals surface area contributed by atoms with Crippen LogP contribution in [0, 0.1) is 0 Å². The van der Waals surface area contributed by atoms with Gasteiger partial charge in [-0.25, -0.2) is 0 Å². The Kier molecular flexibility index (Phi) is 4.79. The van der Waals surface area contributed by atoms with Crippen LogP contribution in [0.2, 0.25) is 0 Å². The molecule has 0 radical (unpaired) electrons. The van der Waals surface area contributed by atoms with Gasteiger partial charge in [-0.1, -0.05) is 63.2 Å². The highest BCUT2D eigenvalue weighted by Crippen LogP contribution is 2.23. The van der Waals surface area contributed by atoms with Gasteiger partial charge in [-0.3, -0.25) is 0 Å². The molecule has 21 heavy (non-hydrogen) atoms. The van der Waals surface area contributed by atoms with Crippen LogP contribution in [-0.4, -0.2) is 6.29 Å². The quantitative estimate of drug-likeness (QED) is 0.764. The van der Waals surface area contributed by atoms with Gasteiger partial charge in [0.1, 0.15) is 18.6 Å². The first-order valence-corrected chi connectivity index (χ1v) is 7.24. The largest absolute Gasteiger partial charge is 0.489 e. The van der Waals surface area contributed by atoms with Gasteiger partial charge in [0.25, 0.3) is 0 Å². The molecular weight excluding hydrogens is 260 g/mol. The number of rotatable bonds is 5. The van der Waals surface area contributed by atoms with E-state index in [1.54, 1.807) is 0 Å². The zero-order chi connectivity index (χ0) is 15.3. The fraction of sp³-hybridized carbons (Fsp3) is 0.316. The molecule has 0 fully saturated rings. The average molecular weight is 282 g/mol. The van der Waals surface area contributed by atoms with Crippen molar-refractivity contribution in [3.8, 4) is 5.75 Å². The minimum atomic E-state index is 0.163. The third kappa shape index (κ3) is 4.19. The molecule has 0 saturated carbocycles. The van der Waals surface area contributed by atoms with Gasteiger partial charge in [0, 0.05) is 12.0 Å². The zero-order valence-corrected chi connectivity index (χ0v) is 12.9. The molecule has 0 spiro atoms. The second-order valence-electron chi connectivity index (χ2n) is 6.21. The SMILES string of the molecule is CC(C)(C)c1ccc(COc2ccccc2CC=O)cc1. The fourth-order valence-corrected chi connectivity index (χ4v) is 2.17. The molecule has 0 amide bonds. The van der Waals surface area contributed by atoms with E-state index in [0.29, 0.717) is 13.0 Å². The van der Waals surface area contributed by atoms with Crippen molar-refractivity contribution in [3.63, 3.8) is 0 Å². The number of hydrogen-bond donors (Lipinski definition) is 0. The normalized spacial score (nSPS) is 11.2. The molecule has 0 heterocycles. The van der Waals surface area contributed by atoms with Gasteiger partial charge >= 0.3 is 0 Å². The maximum Gasteiger partial charge on any atom is 0.124 e.